The molecule has 0 unspecified atom stereocenters. The first-order valence-electron chi connectivity index (χ1n) is 6.94. The van der Waals surface area contributed by atoms with Gasteiger partial charge in [0.25, 0.3) is 5.56 Å². The highest BCUT2D eigenvalue weighted by molar-refractivity contribution is 7.09. The first kappa shape index (κ1) is 14.7. The number of nitrogens with zero attached hydrogens (tertiary/aromatic N) is 4. The fraction of sp³-hybridized carbons (Fsp3) is 0.267. The van der Waals surface area contributed by atoms with Crippen molar-refractivity contribution in [2.75, 3.05) is 6.54 Å². The van der Waals surface area contributed by atoms with Gasteiger partial charge in [-0.1, -0.05) is 12.1 Å². The molecule has 0 atom stereocenters. The van der Waals surface area contributed by atoms with E-state index in [1.165, 1.54) is 11.1 Å². The first-order chi connectivity index (χ1) is 10.7. The zero-order chi connectivity index (χ0) is 15.5. The molecule has 3 rings (SSSR count). The molecule has 0 bridgehead atoms. The van der Waals surface area contributed by atoms with E-state index in [9.17, 15) is 4.79 Å². The van der Waals surface area contributed by atoms with E-state index in [1.807, 2.05) is 12.1 Å². The zero-order valence-corrected chi connectivity index (χ0v) is 13.1. The van der Waals surface area contributed by atoms with Crippen molar-refractivity contribution in [3.05, 3.63) is 57.4 Å². The molecule has 7 heteroatoms. The third-order valence-corrected chi connectivity index (χ3v) is 4.23. The van der Waals surface area contributed by atoms with Crippen LogP contribution in [-0.2, 0) is 20.1 Å². The predicted octanol–water partition coefficient (Wildman–Crippen LogP) is 1.91. The van der Waals surface area contributed by atoms with E-state index in [4.69, 9.17) is 0 Å². The Morgan fingerprint density at radius 3 is 3.09 bits per heavy atom. The summed E-state index contributed by atoms with van der Waals surface area (Å²) in [6.45, 7) is 5.89. The van der Waals surface area contributed by atoms with Gasteiger partial charge in [-0.15, -0.1) is 17.9 Å². The van der Waals surface area contributed by atoms with Crippen LogP contribution in [0, 0.1) is 0 Å². The van der Waals surface area contributed by atoms with Gasteiger partial charge in [0.15, 0.2) is 5.65 Å². The van der Waals surface area contributed by atoms with Gasteiger partial charge in [-0.25, -0.2) is 4.98 Å². The smallest absolute Gasteiger partial charge is 0.262 e. The van der Waals surface area contributed by atoms with Crippen LogP contribution < -0.4 is 5.56 Å². The van der Waals surface area contributed by atoms with Crippen LogP contribution in [0.3, 0.4) is 0 Å². The Hall–Kier alpha value is -2.25. The summed E-state index contributed by atoms with van der Waals surface area (Å²) in [7, 11) is 1.78. The Bertz CT molecular complexity index is 833. The number of H-pyrrole nitrogens is 1. The predicted molar refractivity (Wildman–Crippen MR) is 87.8 cm³/mol. The summed E-state index contributed by atoms with van der Waals surface area (Å²) >= 11 is 1.71. The van der Waals surface area contributed by atoms with Crippen molar-refractivity contribution in [3.63, 3.8) is 0 Å². The van der Waals surface area contributed by atoms with Gasteiger partial charge in [-0.2, -0.15) is 5.10 Å². The van der Waals surface area contributed by atoms with E-state index in [1.54, 1.807) is 23.1 Å². The van der Waals surface area contributed by atoms with Crippen LogP contribution in [0.25, 0.3) is 11.0 Å². The lowest BCUT2D eigenvalue weighted by molar-refractivity contribution is 0.281. The molecule has 3 heterocycles. The molecule has 0 fully saturated rings. The van der Waals surface area contributed by atoms with Crippen LogP contribution in [0.4, 0.5) is 0 Å². The summed E-state index contributed by atoms with van der Waals surface area (Å²) < 4.78 is 1.62. The van der Waals surface area contributed by atoms with Crippen LogP contribution in [0.5, 0.6) is 0 Å². The molecule has 0 saturated carbocycles. The molecule has 0 spiro atoms. The number of hydrogen-bond acceptors (Lipinski definition) is 5. The molecule has 22 heavy (non-hydrogen) atoms. The van der Waals surface area contributed by atoms with E-state index < -0.39 is 0 Å². The normalized spacial score (nSPS) is 11.4. The van der Waals surface area contributed by atoms with Crippen LogP contribution in [-0.4, -0.2) is 31.2 Å². The molecule has 1 N–H and O–H groups in total. The average Bonchev–Trinajstić information content (AvgIpc) is 3.10. The largest absolute Gasteiger partial charge is 0.309 e. The Labute approximate surface area is 131 Å². The summed E-state index contributed by atoms with van der Waals surface area (Å²) in [6.07, 6.45) is 3.40. The standard InChI is InChI=1S/C15H17N5OS/c1-3-6-20(9-11-5-4-7-22-11)10-13-17-14-12(15(21)18-13)8-16-19(14)2/h3-5,7-8H,1,6,9-10H2,2H3,(H,17,18,21). The van der Waals surface area contributed by atoms with Crippen LogP contribution in [0.2, 0.25) is 0 Å². The summed E-state index contributed by atoms with van der Waals surface area (Å²) in [5.41, 5.74) is 0.455. The minimum absolute atomic E-state index is 0.150. The molecule has 0 aliphatic carbocycles. The van der Waals surface area contributed by atoms with Gasteiger partial charge < -0.3 is 4.98 Å². The number of hydrogen-bond donors (Lipinski definition) is 1. The number of aromatic amines is 1. The first-order valence-corrected chi connectivity index (χ1v) is 7.82. The van der Waals surface area contributed by atoms with Crippen LogP contribution >= 0.6 is 11.3 Å². The number of aryl methyl sites for hydroxylation is 1. The molecule has 0 saturated heterocycles. The number of rotatable bonds is 6. The average molecular weight is 315 g/mol. The van der Waals surface area contributed by atoms with Crippen molar-refractivity contribution >= 4 is 22.4 Å². The van der Waals surface area contributed by atoms with E-state index in [0.717, 1.165) is 13.1 Å². The maximum atomic E-state index is 12.1. The van der Waals surface area contributed by atoms with Gasteiger partial charge >= 0.3 is 0 Å². The quantitative estimate of drug-likeness (QED) is 0.706. The number of thiophene rings is 1. The molecule has 0 aliphatic rings. The van der Waals surface area contributed by atoms with Crippen molar-refractivity contribution < 1.29 is 0 Å². The van der Waals surface area contributed by atoms with Gasteiger partial charge in [0, 0.05) is 25.0 Å². The molecule has 3 aromatic heterocycles. The lowest BCUT2D eigenvalue weighted by Crippen LogP contribution is -2.25. The summed E-state index contributed by atoms with van der Waals surface area (Å²) in [6, 6.07) is 4.13. The number of nitrogens with one attached hydrogen (secondary N) is 1. The van der Waals surface area contributed by atoms with Gasteiger partial charge in [0.2, 0.25) is 0 Å². The van der Waals surface area contributed by atoms with Crippen molar-refractivity contribution in [3.8, 4) is 0 Å². The molecule has 0 aliphatic heterocycles. The van der Waals surface area contributed by atoms with Crippen molar-refractivity contribution in [1.82, 2.24) is 24.6 Å². The van der Waals surface area contributed by atoms with Crippen LogP contribution in [0.15, 0.2) is 41.2 Å². The molecule has 0 aromatic carbocycles. The lowest BCUT2D eigenvalue weighted by atomic mass is 10.3. The van der Waals surface area contributed by atoms with E-state index in [2.05, 4.69) is 38.0 Å². The number of aromatic nitrogens is 4. The Balaban J connectivity index is 1.87. The highest BCUT2D eigenvalue weighted by Gasteiger charge is 2.12. The fourth-order valence-electron chi connectivity index (χ4n) is 2.36. The monoisotopic (exact) mass is 315 g/mol. The molecular weight excluding hydrogens is 298 g/mol. The Morgan fingerprint density at radius 1 is 1.50 bits per heavy atom. The molecular formula is C15H17N5OS. The van der Waals surface area contributed by atoms with Crippen LogP contribution in [0.1, 0.15) is 10.7 Å². The highest BCUT2D eigenvalue weighted by Crippen LogP contribution is 2.13. The maximum absolute atomic E-state index is 12.1. The SMILES string of the molecule is C=CCN(Cc1nc2c(cnn2C)c(=O)[nH]1)Cc1cccs1. The Morgan fingerprint density at radius 2 is 2.36 bits per heavy atom. The summed E-state index contributed by atoms with van der Waals surface area (Å²) in [4.78, 5) is 22.9. The minimum atomic E-state index is -0.150. The second kappa shape index (κ2) is 6.25. The molecule has 0 radical (unpaired) electrons. The topological polar surface area (TPSA) is 66.8 Å². The van der Waals surface area contributed by atoms with Gasteiger partial charge in [-0.3, -0.25) is 14.4 Å². The molecule has 114 valence electrons. The zero-order valence-electron chi connectivity index (χ0n) is 12.3. The van der Waals surface area contributed by atoms with Gasteiger partial charge in [0.05, 0.1) is 12.7 Å². The van der Waals surface area contributed by atoms with Gasteiger partial charge in [-0.05, 0) is 11.4 Å². The molecule has 3 aromatic rings. The van der Waals surface area contributed by atoms with Crippen molar-refractivity contribution in [1.29, 1.82) is 0 Å². The maximum Gasteiger partial charge on any atom is 0.262 e. The third-order valence-electron chi connectivity index (χ3n) is 3.37. The number of fused-ring (bicyclic) bond motifs is 1. The van der Waals surface area contributed by atoms with Crippen molar-refractivity contribution in [2.24, 2.45) is 7.05 Å². The van der Waals surface area contributed by atoms with E-state index in [-0.39, 0.29) is 5.56 Å². The minimum Gasteiger partial charge on any atom is -0.309 e. The summed E-state index contributed by atoms with van der Waals surface area (Å²) in [5.74, 6) is 0.638. The van der Waals surface area contributed by atoms with E-state index in [0.29, 0.717) is 23.4 Å². The fourth-order valence-corrected chi connectivity index (χ4v) is 3.10. The second-order valence-electron chi connectivity index (χ2n) is 5.06. The van der Waals surface area contributed by atoms with Crippen molar-refractivity contribution in [2.45, 2.75) is 13.1 Å². The van der Waals surface area contributed by atoms with Gasteiger partial charge in [0.1, 0.15) is 11.2 Å². The molecule has 0 amide bonds. The Kier molecular flexibility index (Phi) is 4.17. The van der Waals surface area contributed by atoms with E-state index >= 15 is 0 Å². The summed E-state index contributed by atoms with van der Waals surface area (Å²) in [5, 5.41) is 6.65. The third kappa shape index (κ3) is 3.00. The molecule has 6 nitrogen and oxygen atoms in total. The second-order valence-corrected chi connectivity index (χ2v) is 6.09. The highest BCUT2D eigenvalue weighted by atomic mass is 32.1. The lowest BCUT2D eigenvalue weighted by Gasteiger charge is -2.19.